The molecule has 1 N–H and O–H groups in total. The highest BCUT2D eigenvalue weighted by atomic mass is 16.1. The molecule has 0 aliphatic carbocycles. The summed E-state index contributed by atoms with van der Waals surface area (Å²) in [4.78, 5) is 20.0. The van der Waals surface area contributed by atoms with Gasteiger partial charge >= 0.3 is 0 Å². The third kappa shape index (κ3) is 1.97. The lowest BCUT2D eigenvalue weighted by molar-refractivity contribution is 0.757. The average Bonchev–Trinajstić information content (AvgIpc) is 2.28. The van der Waals surface area contributed by atoms with Crippen molar-refractivity contribution in [3.05, 3.63) is 39.8 Å². The second-order valence-electron chi connectivity index (χ2n) is 4.99. The molecule has 0 fully saturated rings. The summed E-state index contributed by atoms with van der Waals surface area (Å²) in [6.07, 6.45) is 1.71. The van der Waals surface area contributed by atoms with Crippen LogP contribution in [0.1, 0.15) is 50.8 Å². The molecule has 0 saturated carbocycles. The fraction of sp³-hybridized carbons (Fsp3) is 0.429. The maximum Gasteiger partial charge on any atom is 0.194 e. The van der Waals surface area contributed by atoms with Gasteiger partial charge in [0.15, 0.2) is 5.43 Å². The van der Waals surface area contributed by atoms with Crippen molar-refractivity contribution in [1.82, 2.24) is 9.97 Å². The topological polar surface area (TPSA) is 45.8 Å². The second kappa shape index (κ2) is 4.32. The number of H-pyrrole nitrogens is 1. The molecule has 0 bridgehead atoms. The molecule has 0 spiro atoms. The third-order valence-electron chi connectivity index (χ3n) is 2.99. The fourth-order valence-electron chi connectivity index (χ4n) is 2.18. The van der Waals surface area contributed by atoms with Crippen molar-refractivity contribution in [2.24, 2.45) is 0 Å². The molecule has 2 rings (SSSR count). The first-order chi connectivity index (χ1) is 8.02. The zero-order chi connectivity index (χ0) is 12.6. The SMILES string of the molecule is CC(C)c1[nH]c2ncccc2c(=O)c1C(C)C. The smallest absolute Gasteiger partial charge is 0.194 e. The predicted molar refractivity (Wildman–Crippen MR) is 70.5 cm³/mol. The standard InChI is InChI=1S/C14H18N2O/c1-8(2)11-12(9(3)4)16-14-10(13(11)17)6-5-7-15-14/h5-9H,1-4H3,(H,15,16,17). The maximum absolute atomic E-state index is 12.4. The van der Waals surface area contributed by atoms with Crippen LogP contribution in [0.15, 0.2) is 23.1 Å². The molecule has 0 atom stereocenters. The van der Waals surface area contributed by atoms with E-state index < -0.39 is 0 Å². The molecule has 0 aliphatic heterocycles. The first kappa shape index (κ1) is 11.8. The van der Waals surface area contributed by atoms with Crippen LogP contribution in [0.5, 0.6) is 0 Å². The lowest BCUT2D eigenvalue weighted by Gasteiger charge is -2.15. The summed E-state index contributed by atoms with van der Waals surface area (Å²) < 4.78 is 0. The normalized spacial score (nSPS) is 11.6. The van der Waals surface area contributed by atoms with Gasteiger partial charge in [-0.05, 0) is 24.0 Å². The van der Waals surface area contributed by atoms with Gasteiger partial charge in [0.2, 0.25) is 0 Å². The van der Waals surface area contributed by atoms with Crippen molar-refractivity contribution >= 4 is 11.0 Å². The summed E-state index contributed by atoms with van der Waals surface area (Å²) >= 11 is 0. The van der Waals surface area contributed by atoms with Gasteiger partial charge < -0.3 is 4.98 Å². The molecule has 90 valence electrons. The quantitative estimate of drug-likeness (QED) is 0.861. The van der Waals surface area contributed by atoms with E-state index in [9.17, 15) is 4.79 Å². The van der Waals surface area contributed by atoms with E-state index in [0.717, 1.165) is 11.3 Å². The maximum atomic E-state index is 12.4. The third-order valence-corrected chi connectivity index (χ3v) is 2.99. The Balaban J connectivity index is 2.89. The molecule has 0 aliphatic rings. The van der Waals surface area contributed by atoms with E-state index in [2.05, 4.69) is 37.7 Å². The Hall–Kier alpha value is -1.64. The molecular weight excluding hydrogens is 212 g/mol. The number of nitrogens with zero attached hydrogens (tertiary/aromatic N) is 1. The number of hydrogen-bond donors (Lipinski definition) is 1. The molecule has 0 amide bonds. The van der Waals surface area contributed by atoms with Gasteiger partial charge in [0.05, 0.1) is 5.39 Å². The Morgan fingerprint density at radius 1 is 1.18 bits per heavy atom. The van der Waals surface area contributed by atoms with E-state index in [1.54, 1.807) is 12.3 Å². The van der Waals surface area contributed by atoms with E-state index in [1.165, 1.54) is 0 Å². The molecule has 0 unspecified atom stereocenters. The van der Waals surface area contributed by atoms with Crippen LogP contribution < -0.4 is 5.43 Å². The highest BCUT2D eigenvalue weighted by molar-refractivity contribution is 5.75. The van der Waals surface area contributed by atoms with Crippen LogP contribution in [0.2, 0.25) is 0 Å². The minimum Gasteiger partial charge on any atom is -0.343 e. The predicted octanol–water partition coefficient (Wildman–Crippen LogP) is 3.17. The molecule has 17 heavy (non-hydrogen) atoms. The van der Waals surface area contributed by atoms with Crippen molar-refractivity contribution in [1.29, 1.82) is 0 Å². The molecule has 2 heterocycles. The lowest BCUT2D eigenvalue weighted by atomic mass is 9.94. The van der Waals surface area contributed by atoms with Crippen molar-refractivity contribution < 1.29 is 0 Å². The van der Waals surface area contributed by atoms with Gasteiger partial charge in [0.1, 0.15) is 5.65 Å². The van der Waals surface area contributed by atoms with E-state index in [0.29, 0.717) is 17.0 Å². The van der Waals surface area contributed by atoms with Gasteiger partial charge in [-0.15, -0.1) is 0 Å². The largest absolute Gasteiger partial charge is 0.343 e. The number of pyridine rings is 2. The van der Waals surface area contributed by atoms with E-state index >= 15 is 0 Å². The molecule has 2 aromatic rings. The van der Waals surface area contributed by atoms with Crippen molar-refractivity contribution in [2.45, 2.75) is 39.5 Å². The van der Waals surface area contributed by atoms with Crippen LogP contribution in [-0.2, 0) is 0 Å². The van der Waals surface area contributed by atoms with Crippen LogP contribution in [0.25, 0.3) is 11.0 Å². The van der Waals surface area contributed by atoms with Crippen LogP contribution in [0.4, 0.5) is 0 Å². The Morgan fingerprint density at radius 2 is 1.88 bits per heavy atom. The monoisotopic (exact) mass is 230 g/mol. The summed E-state index contributed by atoms with van der Waals surface area (Å²) in [5, 5.41) is 0.681. The number of hydrogen-bond acceptors (Lipinski definition) is 2. The van der Waals surface area contributed by atoms with E-state index in [1.807, 2.05) is 6.07 Å². The van der Waals surface area contributed by atoms with Gasteiger partial charge in [-0.25, -0.2) is 4.98 Å². The van der Waals surface area contributed by atoms with Crippen LogP contribution in [0.3, 0.4) is 0 Å². The lowest BCUT2D eigenvalue weighted by Crippen LogP contribution is -2.17. The Kier molecular flexibility index (Phi) is 3.01. The number of rotatable bonds is 2. The molecule has 3 nitrogen and oxygen atoms in total. The zero-order valence-electron chi connectivity index (χ0n) is 10.7. The highest BCUT2D eigenvalue weighted by Crippen LogP contribution is 2.23. The van der Waals surface area contributed by atoms with Gasteiger partial charge in [-0.2, -0.15) is 0 Å². The van der Waals surface area contributed by atoms with Crippen LogP contribution in [0, 0.1) is 0 Å². The van der Waals surface area contributed by atoms with Gasteiger partial charge in [0, 0.05) is 17.5 Å². The summed E-state index contributed by atoms with van der Waals surface area (Å²) in [6.45, 7) is 8.29. The van der Waals surface area contributed by atoms with E-state index in [4.69, 9.17) is 0 Å². The first-order valence-corrected chi connectivity index (χ1v) is 6.03. The number of nitrogens with one attached hydrogen (secondary N) is 1. The minimum atomic E-state index is 0.116. The molecule has 0 aromatic carbocycles. The van der Waals surface area contributed by atoms with Crippen molar-refractivity contribution in [2.75, 3.05) is 0 Å². The highest BCUT2D eigenvalue weighted by Gasteiger charge is 2.17. The first-order valence-electron chi connectivity index (χ1n) is 6.03. The molecular formula is C14H18N2O. The Morgan fingerprint density at radius 3 is 2.47 bits per heavy atom. The van der Waals surface area contributed by atoms with Gasteiger partial charge in [-0.1, -0.05) is 27.7 Å². The average molecular weight is 230 g/mol. The summed E-state index contributed by atoms with van der Waals surface area (Å²) in [5.41, 5.74) is 2.70. The zero-order valence-corrected chi connectivity index (χ0v) is 10.7. The molecule has 3 heteroatoms. The number of aromatic nitrogens is 2. The Labute approximate surface area is 101 Å². The summed E-state index contributed by atoms with van der Waals surface area (Å²) in [7, 11) is 0. The number of fused-ring (bicyclic) bond motifs is 1. The summed E-state index contributed by atoms with van der Waals surface area (Å²) in [5.74, 6) is 0.521. The number of aromatic amines is 1. The van der Waals surface area contributed by atoms with Gasteiger partial charge in [-0.3, -0.25) is 4.79 Å². The summed E-state index contributed by atoms with van der Waals surface area (Å²) in [6, 6.07) is 3.63. The van der Waals surface area contributed by atoms with Crippen LogP contribution in [-0.4, -0.2) is 9.97 Å². The molecule has 0 saturated heterocycles. The Bertz CT molecular complexity index is 597. The van der Waals surface area contributed by atoms with Crippen molar-refractivity contribution in [3.8, 4) is 0 Å². The molecule has 0 radical (unpaired) electrons. The second-order valence-corrected chi connectivity index (χ2v) is 4.99. The molecule has 2 aromatic heterocycles. The van der Waals surface area contributed by atoms with Gasteiger partial charge in [0.25, 0.3) is 0 Å². The van der Waals surface area contributed by atoms with Crippen molar-refractivity contribution in [3.63, 3.8) is 0 Å². The van der Waals surface area contributed by atoms with Crippen LogP contribution >= 0.6 is 0 Å². The minimum absolute atomic E-state index is 0.116. The van der Waals surface area contributed by atoms with E-state index in [-0.39, 0.29) is 11.3 Å². The fourth-order valence-corrected chi connectivity index (χ4v) is 2.18.